The maximum Gasteiger partial charge on any atom is 0.331 e. The number of aryl methyl sites for hydroxylation is 1. The van der Waals surface area contributed by atoms with Crippen LogP contribution in [0.15, 0.2) is 60.2 Å². The van der Waals surface area contributed by atoms with Gasteiger partial charge in [-0.3, -0.25) is 4.79 Å². The smallest absolute Gasteiger partial charge is 0.331 e. The SMILES string of the molecule is CCC(CC)O[C@@H]1C=C(C(=O)O)C[C@H](NCc2ccc(N3c4ccccc4CCC3C)cc2)[C@H]1NC(C)=O. The summed E-state index contributed by atoms with van der Waals surface area (Å²) in [7, 11) is 0. The molecule has 1 aliphatic heterocycles. The monoisotopic (exact) mass is 519 g/mol. The van der Waals surface area contributed by atoms with Gasteiger partial charge in [-0.2, -0.15) is 0 Å². The van der Waals surface area contributed by atoms with Gasteiger partial charge >= 0.3 is 5.97 Å². The molecular formula is C31H41N3O4. The molecule has 3 N–H and O–H groups in total. The summed E-state index contributed by atoms with van der Waals surface area (Å²) in [6.07, 6.45) is 5.32. The van der Waals surface area contributed by atoms with Crippen LogP contribution < -0.4 is 15.5 Å². The number of para-hydroxylation sites is 1. The summed E-state index contributed by atoms with van der Waals surface area (Å²) < 4.78 is 6.29. The molecule has 0 saturated carbocycles. The zero-order valence-electron chi connectivity index (χ0n) is 22.9. The highest BCUT2D eigenvalue weighted by Gasteiger charge is 2.37. The Morgan fingerprint density at radius 1 is 1.11 bits per heavy atom. The lowest BCUT2D eigenvalue weighted by Crippen LogP contribution is -2.58. The number of aliphatic carboxylic acids is 1. The van der Waals surface area contributed by atoms with E-state index in [2.05, 4.69) is 84.8 Å². The molecule has 7 nitrogen and oxygen atoms in total. The van der Waals surface area contributed by atoms with Crippen LogP contribution >= 0.6 is 0 Å². The fourth-order valence-electron chi connectivity index (χ4n) is 5.67. The number of carboxylic acid groups (broad SMARTS) is 1. The third-order valence-electron chi connectivity index (χ3n) is 7.80. The third-order valence-corrected chi connectivity index (χ3v) is 7.80. The van der Waals surface area contributed by atoms with E-state index in [4.69, 9.17) is 4.74 Å². The van der Waals surface area contributed by atoms with Crippen molar-refractivity contribution in [2.45, 2.75) is 96.7 Å². The molecule has 0 saturated heterocycles. The van der Waals surface area contributed by atoms with Gasteiger partial charge in [0.1, 0.15) is 0 Å². The minimum absolute atomic E-state index is 0.00356. The molecule has 4 rings (SSSR count). The number of fused-ring (bicyclic) bond motifs is 1. The molecule has 0 radical (unpaired) electrons. The highest BCUT2D eigenvalue weighted by molar-refractivity contribution is 5.87. The largest absolute Gasteiger partial charge is 0.478 e. The Balaban J connectivity index is 1.50. The second-order valence-electron chi connectivity index (χ2n) is 10.5. The van der Waals surface area contributed by atoms with E-state index in [9.17, 15) is 14.7 Å². The number of carbonyl (C=O) groups is 2. The van der Waals surface area contributed by atoms with E-state index in [1.807, 2.05) is 0 Å². The Morgan fingerprint density at radius 2 is 1.82 bits per heavy atom. The van der Waals surface area contributed by atoms with Crippen molar-refractivity contribution in [2.75, 3.05) is 4.90 Å². The number of amides is 1. The Bertz CT molecular complexity index is 1140. The molecule has 0 spiro atoms. The van der Waals surface area contributed by atoms with E-state index in [1.165, 1.54) is 18.2 Å². The summed E-state index contributed by atoms with van der Waals surface area (Å²) >= 11 is 0. The van der Waals surface area contributed by atoms with Gasteiger partial charge in [0, 0.05) is 42.5 Å². The molecule has 4 atom stereocenters. The van der Waals surface area contributed by atoms with Crippen LogP contribution in [0.2, 0.25) is 0 Å². The summed E-state index contributed by atoms with van der Waals surface area (Å²) in [6.45, 7) is 8.41. The standard InChI is InChI=1S/C31H41N3O4/c1-5-26(6-2)38-29-18-24(31(36)37)17-27(30(29)33-21(4)35)32-19-22-12-15-25(16-13-22)34-20(3)11-14-23-9-7-8-10-28(23)34/h7-10,12-13,15-16,18,20,26-27,29-30,32H,5-6,11,14,17,19H2,1-4H3,(H,33,35)(H,36,37)/t20?,27-,29+,30+/m0/s1. The predicted octanol–water partition coefficient (Wildman–Crippen LogP) is 5.11. The number of nitrogens with zero attached hydrogens (tertiary/aromatic N) is 1. The van der Waals surface area contributed by atoms with Crippen LogP contribution in [-0.2, 0) is 27.3 Å². The minimum atomic E-state index is -0.948. The molecular weight excluding hydrogens is 478 g/mol. The molecule has 38 heavy (non-hydrogen) atoms. The predicted molar refractivity (Wildman–Crippen MR) is 151 cm³/mol. The van der Waals surface area contributed by atoms with Crippen LogP contribution in [-0.4, -0.2) is 47.3 Å². The third kappa shape index (κ3) is 6.45. The van der Waals surface area contributed by atoms with Crippen molar-refractivity contribution in [3.63, 3.8) is 0 Å². The molecule has 2 aromatic carbocycles. The molecule has 0 aromatic heterocycles. The molecule has 0 bridgehead atoms. The highest BCUT2D eigenvalue weighted by atomic mass is 16.5. The maximum absolute atomic E-state index is 12.1. The first-order chi connectivity index (χ1) is 18.3. The van der Waals surface area contributed by atoms with Crippen LogP contribution in [0.3, 0.4) is 0 Å². The molecule has 2 aromatic rings. The van der Waals surface area contributed by atoms with E-state index in [1.54, 1.807) is 6.08 Å². The van der Waals surface area contributed by atoms with Crippen LogP contribution in [0, 0.1) is 0 Å². The van der Waals surface area contributed by atoms with Crippen molar-refractivity contribution in [1.29, 1.82) is 0 Å². The molecule has 204 valence electrons. The van der Waals surface area contributed by atoms with Gasteiger partial charge in [-0.05, 0) is 74.4 Å². The minimum Gasteiger partial charge on any atom is -0.478 e. The number of hydrogen-bond acceptors (Lipinski definition) is 5. The molecule has 2 aliphatic rings. The highest BCUT2D eigenvalue weighted by Crippen LogP contribution is 2.36. The van der Waals surface area contributed by atoms with Gasteiger partial charge in [-0.15, -0.1) is 0 Å². The topological polar surface area (TPSA) is 90.9 Å². The number of carboxylic acids is 1. The Hall–Kier alpha value is -3.16. The number of hydrogen-bond donors (Lipinski definition) is 3. The molecule has 1 heterocycles. The van der Waals surface area contributed by atoms with Gasteiger partial charge in [0.15, 0.2) is 0 Å². The van der Waals surface area contributed by atoms with Crippen LogP contribution in [0.5, 0.6) is 0 Å². The summed E-state index contributed by atoms with van der Waals surface area (Å²) in [5.74, 6) is -1.11. The normalized spacial score (nSPS) is 23.1. The van der Waals surface area contributed by atoms with E-state index in [-0.39, 0.29) is 24.1 Å². The van der Waals surface area contributed by atoms with Crippen molar-refractivity contribution in [3.8, 4) is 0 Å². The van der Waals surface area contributed by atoms with E-state index in [0.29, 0.717) is 24.6 Å². The summed E-state index contributed by atoms with van der Waals surface area (Å²) in [5.41, 5.74) is 5.22. The number of nitrogens with one attached hydrogen (secondary N) is 2. The molecule has 7 heteroatoms. The molecule has 1 unspecified atom stereocenters. The number of ether oxygens (including phenoxy) is 1. The van der Waals surface area contributed by atoms with Gasteiger partial charge in [0.2, 0.25) is 5.91 Å². The lowest BCUT2D eigenvalue weighted by atomic mass is 9.87. The van der Waals surface area contributed by atoms with Crippen LogP contribution in [0.4, 0.5) is 11.4 Å². The zero-order chi connectivity index (χ0) is 27.2. The van der Waals surface area contributed by atoms with Crippen molar-refractivity contribution in [1.82, 2.24) is 10.6 Å². The van der Waals surface area contributed by atoms with Crippen molar-refractivity contribution in [3.05, 3.63) is 71.3 Å². The lowest BCUT2D eigenvalue weighted by Gasteiger charge is -2.38. The van der Waals surface area contributed by atoms with Gasteiger partial charge in [0.25, 0.3) is 0 Å². The molecule has 1 aliphatic carbocycles. The first-order valence-corrected chi connectivity index (χ1v) is 13.9. The second-order valence-corrected chi connectivity index (χ2v) is 10.5. The second kappa shape index (κ2) is 12.6. The average Bonchev–Trinajstić information content (AvgIpc) is 2.91. The molecule has 0 fully saturated rings. The number of benzene rings is 2. The van der Waals surface area contributed by atoms with E-state index >= 15 is 0 Å². The first-order valence-electron chi connectivity index (χ1n) is 13.9. The van der Waals surface area contributed by atoms with Gasteiger partial charge in [-0.1, -0.05) is 44.2 Å². The van der Waals surface area contributed by atoms with Crippen molar-refractivity contribution in [2.24, 2.45) is 0 Å². The van der Waals surface area contributed by atoms with Crippen molar-refractivity contribution >= 4 is 23.3 Å². The molecule has 1 amide bonds. The number of carbonyl (C=O) groups excluding carboxylic acids is 1. The Morgan fingerprint density at radius 3 is 2.47 bits per heavy atom. The quantitative estimate of drug-likeness (QED) is 0.404. The number of anilines is 2. The van der Waals surface area contributed by atoms with E-state index < -0.39 is 12.1 Å². The Kier molecular flexibility index (Phi) is 9.23. The summed E-state index contributed by atoms with van der Waals surface area (Å²) in [4.78, 5) is 26.4. The van der Waals surface area contributed by atoms with Crippen LogP contribution in [0.1, 0.15) is 64.5 Å². The zero-order valence-corrected chi connectivity index (χ0v) is 22.9. The average molecular weight is 520 g/mol. The summed E-state index contributed by atoms with van der Waals surface area (Å²) in [6, 6.07) is 16.9. The van der Waals surface area contributed by atoms with Gasteiger partial charge in [-0.25, -0.2) is 4.79 Å². The fourth-order valence-corrected chi connectivity index (χ4v) is 5.67. The first kappa shape index (κ1) is 27.9. The van der Waals surface area contributed by atoms with Crippen molar-refractivity contribution < 1.29 is 19.4 Å². The summed E-state index contributed by atoms with van der Waals surface area (Å²) in [5, 5.41) is 16.3. The van der Waals surface area contributed by atoms with Crippen LogP contribution in [0.25, 0.3) is 0 Å². The maximum atomic E-state index is 12.1. The van der Waals surface area contributed by atoms with E-state index in [0.717, 1.165) is 36.9 Å². The van der Waals surface area contributed by atoms with Gasteiger partial charge in [0.05, 0.1) is 18.2 Å². The lowest BCUT2D eigenvalue weighted by molar-refractivity contribution is -0.133. The van der Waals surface area contributed by atoms with Gasteiger partial charge < -0.3 is 25.4 Å². The Labute approximate surface area is 226 Å². The fraction of sp³-hybridized carbons (Fsp3) is 0.484. The number of rotatable bonds is 10.